The lowest BCUT2D eigenvalue weighted by molar-refractivity contribution is -0.148. The molecular formula is C12H22N2O4. The third-order valence-corrected chi connectivity index (χ3v) is 3.61. The summed E-state index contributed by atoms with van der Waals surface area (Å²) in [5.74, 6) is -1.01. The van der Waals surface area contributed by atoms with Crippen molar-refractivity contribution in [1.29, 1.82) is 0 Å². The van der Waals surface area contributed by atoms with Crippen LogP contribution in [0.15, 0.2) is 0 Å². The molecule has 0 aromatic heterocycles. The Morgan fingerprint density at radius 1 is 1.44 bits per heavy atom. The minimum atomic E-state index is -1.13. The Labute approximate surface area is 107 Å². The first kappa shape index (κ1) is 14.8. The van der Waals surface area contributed by atoms with Gasteiger partial charge < -0.3 is 20.5 Å². The van der Waals surface area contributed by atoms with E-state index in [1.807, 2.05) is 6.92 Å². The Kier molecular flexibility index (Phi) is 5.40. The third-order valence-electron chi connectivity index (χ3n) is 3.61. The molecule has 2 amide bonds. The Morgan fingerprint density at radius 2 is 2.17 bits per heavy atom. The first-order chi connectivity index (χ1) is 8.53. The van der Waals surface area contributed by atoms with Crippen molar-refractivity contribution in [2.75, 3.05) is 20.3 Å². The van der Waals surface area contributed by atoms with Crippen molar-refractivity contribution in [2.24, 2.45) is 5.92 Å². The zero-order chi connectivity index (χ0) is 13.6. The van der Waals surface area contributed by atoms with Crippen LogP contribution >= 0.6 is 0 Å². The van der Waals surface area contributed by atoms with Crippen molar-refractivity contribution in [1.82, 2.24) is 10.6 Å². The average molecular weight is 258 g/mol. The van der Waals surface area contributed by atoms with E-state index in [1.165, 1.54) is 0 Å². The van der Waals surface area contributed by atoms with Gasteiger partial charge in [-0.05, 0) is 18.8 Å². The maximum absolute atomic E-state index is 11.7. The number of methoxy groups -OCH3 is 1. The van der Waals surface area contributed by atoms with Crippen LogP contribution in [0.4, 0.5) is 4.79 Å². The molecular weight excluding hydrogens is 236 g/mol. The van der Waals surface area contributed by atoms with Crippen LogP contribution in [0.5, 0.6) is 0 Å². The molecule has 1 rings (SSSR count). The molecule has 6 heteroatoms. The molecule has 1 aliphatic rings. The molecule has 2 atom stereocenters. The molecule has 3 N–H and O–H groups in total. The fraction of sp³-hybridized carbons (Fsp3) is 0.833. The van der Waals surface area contributed by atoms with E-state index in [2.05, 4.69) is 10.6 Å². The number of hydrogen-bond acceptors (Lipinski definition) is 3. The predicted molar refractivity (Wildman–Crippen MR) is 66.4 cm³/mol. The van der Waals surface area contributed by atoms with Crippen LogP contribution in [0.2, 0.25) is 0 Å². The molecule has 0 saturated heterocycles. The molecule has 0 aromatic carbocycles. The normalized spacial score (nSPS) is 27.6. The number of hydrogen-bond donors (Lipinski definition) is 3. The van der Waals surface area contributed by atoms with E-state index in [-0.39, 0.29) is 5.92 Å². The fourth-order valence-electron chi connectivity index (χ4n) is 2.42. The highest BCUT2D eigenvalue weighted by molar-refractivity contribution is 5.86. The lowest BCUT2D eigenvalue weighted by Crippen LogP contribution is -2.62. The summed E-state index contributed by atoms with van der Waals surface area (Å²) < 4.78 is 4.82. The van der Waals surface area contributed by atoms with Gasteiger partial charge in [0.15, 0.2) is 0 Å². The predicted octanol–water partition coefficient (Wildman–Crippen LogP) is 0.965. The van der Waals surface area contributed by atoms with Gasteiger partial charge in [-0.15, -0.1) is 0 Å². The molecule has 104 valence electrons. The van der Waals surface area contributed by atoms with Crippen molar-refractivity contribution in [3.63, 3.8) is 0 Å². The molecule has 2 unspecified atom stereocenters. The van der Waals surface area contributed by atoms with Crippen LogP contribution in [-0.4, -0.2) is 42.9 Å². The Morgan fingerprint density at radius 3 is 2.72 bits per heavy atom. The molecule has 1 saturated carbocycles. The number of rotatable bonds is 5. The zero-order valence-electron chi connectivity index (χ0n) is 11.0. The SMILES string of the molecule is COCCNC(=O)NC1(C(=O)O)CCCCC1C. The minimum Gasteiger partial charge on any atom is -0.479 e. The highest BCUT2D eigenvalue weighted by atomic mass is 16.5. The van der Waals surface area contributed by atoms with Gasteiger partial charge in [-0.2, -0.15) is 0 Å². The molecule has 0 heterocycles. The zero-order valence-corrected chi connectivity index (χ0v) is 11.0. The lowest BCUT2D eigenvalue weighted by atomic mass is 9.73. The summed E-state index contributed by atoms with van der Waals surface area (Å²) in [5, 5.41) is 14.6. The maximum Gasteiger partial charge on any atom is 0.329 e. The quantitative estimate of drug-likeness (QED) is 0.641. The first-order valence-electron chi connectivity index (χ1n) is 6.31. The number of carbonyl (C=O) groups is 2. The number of carbonyl (C=O) groups excluding carboxylic acids is 1. The Bertz CT molecular complexity index is 308. The number of ether oxygens (including phenoxy) is 1. The molecule has 1 fully saturated rings. The second-order valence-electron chi connectivity index (χ2n) is 4.80. The number of nitrogens with one attached hydrogen (secondary N) is 2. The molecule has 0 radical (unpaired) electrons. The number of urea groups is 1. The average Bonchev–Trinajstić information content (AvgIpc) is 2.32. The van der Waals surface area contributed by atoms with Crippen LogP contribution < -0.4 is 10.6 Å². The van der Waals surface area contributed by atoms with Gasteiger partial charge in [-0.3, -0.25) is 0 Å². The summed E-state index contributed by atoms with van der Waals surface area (Å²) in [6.45, 7) is 2.65. The van der Waals surface area contributed by atoms with Gasteiger partial charge in [0, 0.05) is 13.7 Å². The van der Waals surface area contributed by atoms with Crippen LogP contribution in [0.3, 0.4) is 0 Å². The van der Waals surface area contributed by atoms with Gasteiger partial charge in [-0.25, -0.2) is 9.59 Å². The van der Waals surface area contributed by atoms with E-state index in [4.69, 9.17) is 4.74 Å². The van der Waals surface area contributed by atoms with Crippen molar-refractivity contribution in [3.05, 3.63) is 0 Å². The van der Waals surface area contributed by atoms with Gasteiger partial charge in [-0.1, -0.05) is 19.8 Å². The number of amides is 2. The summed E-state index contributed by atoms with van der Waals surface area (Å²) in [7, 11) is 1.54. The van der Waals surface area contributed by atoms with E-state index in [9.17, 15) is 14.7 Å². The monoisotopic (exact) mass is 258 g/mol. The Balaban J connectivity index is 2.62. The molecule has 0 bridgehead atoms. The highest BCUT2D eigenvalue weighted by Crippen LogP contribution is 2.33. The maximum atomic E-state index is 11.7. The highest BCUT2D eigenvalue weighted by Gasteiger charge is 2.46. The summed E-state index contributed by atoms with van der Waals surface area (Å²) in [6, 6.07) is -0.441. The third kappa shape index (κ3) is 3.35. The first-order valence-corrected chi connectivity index (χ1v) is 6.31. The molecule has 0 aromatic rings. The van der Waals surface area contributed by atoms with E-state index in [0.29, 0.717) is 19.6 Å². The minimum absolute atomic E-state index is 0.0584. The van der Waals surface area contributed by atoms with Crippen molar-refractivity contribution in [2.45, 2.75) is 38.1 Å². The van der Waals surface area contributed by atoms with Crippen molar-refractivity contribution >= 4 is 12.0 Å². The van der Waals surface area contributed by atoms with E-state index >= 15 is 0 Å². The van der Waals surface area contributed by atoms with Gasteiger partial charge in [0.1, 0.15) is 5.54 Å². The van der Waals surface area contributed by atoms with Gasteiger partial charge in [0.25, 0.3) is 0 Å². The van der Waals surface area contributed by atoms with Crippen LogP contribution in [0, 0.1) is 5.92 Å². The second kappa shape index (κ2) is 6.58. The fourth-order valence-corrected chi connectivity index (χ4v) is 2.42. The molecule has 1 aliphatic carbocycles. The summed E-state index contributed by atoms with van der Waals surface area (Å²) in [4.78, 5) is 23.2. The topological polar surface area (TPSA) is 87.7 Å². The Hall–Kier alpha value is -1.30. The summed E-state index contributed by atoms with van der Waals surface area (Å²) in [6.07, 6.45) is 3.16. The second-order valence-corrected chi connectivity index (χ2v) is 4.80. The van der Waals surface area contributed by atoms with Crippen LogP contribution in [0.1, 0.15) is 32.6 Å². The molecule has 6 nitrogen and oxygen atoms in total. The molecule has 0 spiro atoms. The summed E-state index contributed by atoms with van der Waals surface area (Å²) in [5.41, 5.74) is -1.13. The molecule has 18 heavy (non-hydrogen) atoms. The number of aliphatic carboxylic acids is 1. The van der Waals surface area contributed by atoms with Crippen LogP contribution in [-0.2, 0) is 9.53 Å². The van der Waals surface area contributed by atoms with Gasteiger partial charge >= 0.3 is 12.0 Å². The molecule has 0 aliphatic heterocycles. The van der Waals surface area contributed by atoms with Gasteiger partial charge in [0.2, 0.25) is 0 Å². The summed E-state index contributed by atoms with van der Waals surface area (Å²) >= 11 is 0. The van der Waals surface area contributed by atoms with Gasteiger partial charge in [0.05, 0.1) is 6.61 Å². The number of carboxylic acids is 1. The van der Waals surface area contributed by atoms with Crippen LogP contribution in [0.25, 0.3) is 0 Å². The smallest absolute Gasteiger partial charge is 0.329 e. The van der Waals surface area contributed by atoms with Crippen molar-refractivity contribution < 1.29 is 19.4 Å². The largest absolute Gasteiger partial charge is 0.479 e. The number of carboxylic acid groups (broad SMARTS) is 1. The lowest BCUT2D eigenvalue weighted by Gasteiger charge is -2.39. The van der Waals surface area contributed by atoms with Crippen molar-refractivity contribution in [3.8, 4) is 0 Å². The van der Waals surface area contributed by atoms with E-state index in [1.54, 1.807) is 7.11 Å². The standard InChI is InChI=1S/C12H22N2O4/c1-9-5-3-4-6-12(9,10(15)16)14-11(17)13-7-8-18-2/h9H,3-8H2,1-2H3,(H,15,16)(H2,13,14,17). The van der Waals surface area contributed by atoms with E-state index in [0.717, 1.165) is 19.3 Å². The van der Waals surface area contributed by atoms with E-state index < -0.39 is 17.5 Å².